The molecule has 0 fully saturated rings. The number of nitrogens with zero attached hydrogens (tertiary/aromatic N) is 2. The number of aromatic nitrogens is 2. The number of rotatable bonds is 3. The van der Waals surface area contributed by atoms with Crippen LogP contribution in [0.25, 0.3) is 10.8 Å². The number of ether oxygens (including phenoxy) is 1. The van der Waals surface area contributed by atoms with Crippen LogP contribution in [0.3, 0.4) is 0 Å². The Kier molecular flexibility index (Phi) is 3.72. The lowest BCUT2D eigenvalue weighted by molar-refractivity contribution is 0.459. The number of halogens is 2. The van der Waals surface area contributed by atoms with Crippen molar-refractivity contribution in [3.63, 3.8) is 0 Å². The van der Waals surface area contributed by atoms with Crippen LogP contribution in [0.15, 0.2) is 48.5 Å². The molecule has 5 heteroatoms. The molecule has 0 saturated heterocycles. The minimum Gasteiger partial charge on any atom is -0.437 e. The zero-order valence-electron chi connectivity index (χ0n) is 10.4. The van der Waals surface area contributed by atoms with E-state index >= 15 is 0 Å². The first-order chi connectivity index (χ1) is 9.78. The van der Waals surface area contributed by atoms with E-state index in [0.29, 0.717) is 28.2 Å². The van der Waals surface area contributed by atoms with Crippen molar-refractivity contribution in [3.8, 4) is 11.6 Å². The van der Waals surface area contributed by atoms with E-state index in [1.807, 2.05) is 30.3 Å². The lowest BCUT2D eigenvalue weighted by Crippen LogP contribution is -1.94. The van der Waals surface area contributed by atoms with Crippen molar-refractivity contribution in [1.82, 2.24) is 10.2 Å². The molecule has 0 aliphatic heterocycles. The van der Waals surface area contributed by atoms with Crippen LogP contribution in [-0.2, 0) is 5.88 Å². The molecule has 0 spiro atoms. The number of alkyl halides is 1. The molecule has 100 valence electrons. The van der Waals surface area contributed by atoms with Gasteiger partial charge in [0.25, 0.3) is 0 Å². The van der Waals surface area contributed by atoms with Crippen molar-refractivity contribution >= 4 is 34.0 Å². The Morgan fingerprint density at radius 2 is 1.70 bits per heavy atom. The molecule has 20 heavy (non-hydrogen) atoms. The van der Waals surface area contributed by atoms with Crippen LogP contribution >= 0.6 is 23.2 Å². The molecule has 3 rings (SSSR count). The van der Waals surface area contributed by atoms with Crippen molar-refractivity contribution in [1.29, 1.82) is 0 Å². The summed E-state index contributed by atoms with van der Waals surface area (Å²) in [5.74, 6) is 1.45. The molecule has 0 N–H and O–H groups in total. The number of hydrogen-bond donors (Lipinski definition) is 0. The first-order valence-corrected chi connectivity index (χ1v) is 6.93. The van der Waals surface area contributed by atoms with Crippen molar-refractivity contribution in [3.05, 3.63) is 59.2 Å². The largest absolute Gasteiger partial charge is 0.437 e. The Morgan fingerprint density at radius 1 is 0.900 bits per heavy atom. The van der Waals surface area contributed by atoms with Crippen molar-refractivity contribution in [2.75, 3.05) is 0 Å². The maximum Gasteiger partial charge on any atom is 0.238 e. The summed E-state index contributed by atoms with van der Waals surface area (Å²) < 4.78 is 5.77. The molecular formula is C15H10Cl2N2O. The third kappa shape index (κ3) is 2.55. The lowest BCUT2D eigenvalue weighted by Gasteiger charge is -2.09. The Hall–Kier alpha value is -1.84. The fourth-order valence-corrected chi connectivity index (χ4v) is 2.28. The van der Waals surface area contributed by atoms with Gasteiger partial charge in [0.05, 0.1) is 11.6 Å². The van der Waals surface area contributed by atoms with Gasteiger partial charge in [-0.05, 0) is 18.2 Å². The molecular weight excluding hydrogens is 295 g/mol. The molecule has 1 heterocycles. The summed E-state index contributed by atoms with van der Waals surface area (Å²) in [5.41, 5.74) is 0.708. The number of hydrogen-bond acceptors (Lipinski definition) is 3. The summed E-state index contributed by atoms with van der Waals surface area (Å²) in [6.07, 6.45) is 0. The van der Waals surface area contributed by atoms with Crippen LogP contribution < -0.4 is 4.74 Å². The summed E-state index contributed by atoms with van der Waals surface area (Å²) in [7, 11) is 0. The molecule has 3 nitrogen and oxygen atoms in total. The smallest absolute Gasteiger partial charge is 0.238 e. The van der Waals surface area contributed by atoms with Gasteiger partial charge in [-0.2, -0.15) is 5.10 Å². The van der Waals surface area contributed by atoms with Crippen LogP contribution in [0.5, 0.6) is 11.6 Å². The van der Waals surface area contributed by atoms with E-state index < -0.39 is 0 Å². The Balaban J connectivity index is 2.00. The highest BCUT2D eigenvalue weighted by molar-refractivity contribution is 6.35. The molecule has 1 aromatic heterocycles. The molecule has 0 unspecified atom stereocenters. The average molecular weight is 305 g/mol. The highest BCUT2D eigenvalue weighted by Crippen LogP contribution is 2.33. The molecule has 0 aliphatic rings. The Bertz CT molecular complexity index is 744. The van der Waals surface area contributed by atoms with Gasteiger partial charge in [-0.3, -0.25) is 0 Å². The van der Waals surface area contributed by atoms with Gasteiger partial charge in [-0.1, -0.05) is 35.9 Å². The fourth-order valence-electron chi connectivity index (χ4n) is 1.91. The van der Waals surface area contributed by atoms with Gasteiger partial charge in [-0.15, -0.1) is 16.7 Å². The Labute approximate surface area is 126 Å². The molecule has 0 amide bonds. The number of fused-ring (bicyclic) bond motifs is 1. The van der Waals surface area contributed by atoms with Crippen LogP contribution in [0, 0.1) is 0 Å². The summed E-state index contributed by atoms with van der Waals surface area (Å²) in [6.45, 7) is 0. The molecule has 0 bridgehead atoms. The topological polar surface area (TPSA) is 35.0 Å². The van der Waals surface area contributed by atoms with Gasteiger partial charge in [-0.25, -0.2) is 0 Å². The Morgan fingerprint density at radius 3 is 2.40 bits per heavy atom. The van der Waals surface area contributed by atoms with Crippen LogP contribution in [-0.4, -0.2) is 10.2 Å². The summed E-state index contributed by atoms with van der Waals surface area (Å²) in [6, 6.07) is 14.9. The second kappa shape index (κ2) is 5.65. The van der Waals surface area contributed by atoms with E-state index in [2.05, 4.69) is 10.2 Å². The van der Waals surface area contributed by atoms with E-state index in [-0.39, 0.29) is 0 Å². The fraction of sp³-hybridized carbons (Fsp3) is 0.0667. The third-order valence-corrected chi connectivity index (χ3v) is 3.48. The third-order valence-electron chi connectivity index (χ3n) is 2.88. The van der Waals surface area contributed by atoms with E-state index in [9.17, 15) is 0 Å². The van der Waals surface area contributed by atoms with Gasteiger partial charge in [0.15, 0.2) is 0 Å². The zero-order valence-corrected chi connectivity index (χ0v) is 11.9. The lowest BCUT2D eigenvalue weighted by atomic mass is 10.1. The zero-order chi connectivity index (χ0) is 13.9. The number of benzene rings is 2. The highest BCUT2D eigenvalue weighted by Gasteiger charge is 2.07. The maximum atomic E-state index is 6.17. The predicted molar refractivity (Wildman–Crippen MR) is 80.6 cm³/mol. The average Bonchev–Trinajstić information content (AvgIpc) is 2.51. The molecule has 2 aromatic carbocycles. The predicted octanol–water partition coefficient (Wildman–Crippen LogP) is 4.81. The quantitative estimate of drug-likeness (QED) is 0.651. The standard InChI is InChI=1S/C15H10Cl2N2O/c16-9-10-5-8-15(19-18-10)20-14-7-6-13(17)11-3-1-2-4-12(11)14/h1-8H,9H2. The molecule has 0 saturated carbocycles. The van der Waals surface area contributed by atoms with Gasteiger partial charge < -0.3 is 4.74 Å². The monoisotopic (exact) mass is 304 g/mol. The van der Waals surface area contributed by atoms with Gasteiger partial charge in [0.1, 0.15) is 5.75 Å². The van der Waals surface area contributed by atoms with Gasteiger partial charge >= 0.3 is 0 Å². The van der Waals surface area contributed by atoms with E-state index in [1.54, 1.807) is 18.2 Å². The molecule has 0 aliphatic carbocycles. The normalized spacial score (nSPS) is 10.7. The summed E-state index contributed by atoms with van der Waals surface area (Å²) in [5, 5.41) is 10.5. The second-order valence-corrected chi connectivity index (χ2v) is 4.86. The molecule has 3 aromatic rings. The van der Waals surface area contributed by atoms with E-state index in [1.165, 1.54) is 0 Å². The minimum atomic E-state index is 0.331. The first kappa shape index (κ1) is 13.2. The van der Waals surface area contributed by atoms with Gasteiger partial charge in [0.2, 0.25) is 5.88 Å². The molecule has 0 atom stereocenters. The summed E-state index contributed by atoms with van der Waals surface area (Å²) in [4.78, 5) is 0. The van der Waals surface area contributed by atoms with Crippen molar-refractivity contribution in [2.24, 2.45) is 0 Å². The maximum absolute atomic E-state index is 6.17. The van der Waals surface area contributed by atoms with Crippen molar-refractivity contribution in [2.45, 2.75) is 5.88 Å². The second-order valence-electron chi connectivity index (χ2n) is 4.19. The summed E-state index contributed by atoms with van der Waals surface area (Å²) >= 11 is 11.9. The molecule has 0 radical (unpaired) electrons. The van der Waals surface area contributed by atoms with Crippen LogP contribution in [0.4, 0.5) is 0 Å². The van der Waals surface area contributed by atoms with E-state index in [4.69, 9.17) is 27.9 Å². The highest BCUT2D eigenvalue weighted by atomic mass is 35.5. The minimum absolute atomic E-state index is 0.331. The van der Waals surface area contributed by atoms with E-state index in [0.717, 1.165) is 10.8 Å². The van der Waals surface area contributed by atoms with Crippen LogP contribution in [0.2, 0.25) is 5.02 Å². The van der Waals surface area contributed by atoms with Gasteiger partial charge in [0, 0.05) is 21.9 Å². The van der Waals surface area contributed by atoms with Crippen molar-refractivity contribution < 1.29 is 4.74 Å². The first-order valence-electron chi connectivity index (χ1n) is 6.01. The SMILES string of the molecule is ClCc1ccc(Oc2ccc(Cl)c3ccccc23)nn1. The van der Waals surface area contributed by atoms with Crippen LogP contribution in [0.1, 0.15) is 5.69 Å².